The van der Waals surface area contributed by atoms with E-state index in [0.717, 1.165) is 10.2 Å². The van der Waals surface area contributed by atoms with Crippen LogP contribution in [0.3, 0.4) is 0 Å². The molecule has 0 amide bonds. The molecule has 0 nitrogen and oxygen atoms in total. The molecule has 0 aromatic heterocycles. The maximum Gasteiger partial charge on any atom is 0.0492 e. The number of hydrogen-bond donors (Lipinski definition) is 0. The molecule has 3 heteroatoms. The third-order valence-electron chi connectivity index (χ3n) is 1.74. The molecule has 0 radical (unpaired) electrons. The number of hydrogen-bond acceptors (Lipinski definition) is 1. The van der Waals surface area contributed by atoms with Gasteiger partial charge >= 0.3 is 0 Å². The van der Waals surface area contributed by atoms with E-state index in [1.807, 2.05) is 11.8 Å². The zero-order valence-corrected chi connectivity index (χ0v) is 9.67. The Kier molecular flexibility index (Phi) is 2.30. The van der Waals surface area contributed by atoms with Gasteiger partial charge in [0, 0.05) is 20.0 Å². The molecular weight excluding hydrogens is 288 g/mol. The molecule has 58 valence electrons. The summed E-state index contributed by atoms with van der Waals surface area (Å²) in [7, 11) is 0. The Balaban J connectivity index is 2.37. The van der Waals surface area contributed by atoms with Crippen LogP contribution in [0, 0.1) is 0 Å². The molecular formula is C8H6Br2S. The lowest BCUT2D eigenvalue weighted by Gasteiger charge is -2.13. The molecule has 1 unspecified atom stereocenters. The maximum atomic E-state index is 3.50. The fourth-order valence-electron chi connectivity index (χ4n) is 1.17. The summed E-state index contributed by atoms with van der Waals surface area (Å²) in [6.07, 6.45) is 6.72. The molecule has 2 aliphatic rings. The molecule has 2 rings (SSSR count). The molecule has 0 N–H and O–H groups in total. The summed E-state index contributed by atoms with van der Waals surface area (Å²) in [6.45, 7) is 0. The molecule has 1 heterocycles. The Hall–Kier alpha value is 0.530. The molecule has 1 atom stereocenters. The Labute approximate surface area is 87.1 Å². The largest absolute Gasteiger partial charge is 0.145 e. The van der Waals surface area contributed by atoms with E-state index in [1.54, 1.807) is 0 Å². The van der Waals surface area contributed by atoms with Crippen molar-refractivity contribution in [3.05, 3.63) is 32.8 Å². The zero-order valence-electron chi connectivity index (χ0n) is 5.68. The van der Waals surface area contributed by atoms with Gasteiger partial charge in [0.05, 0.1) is 0 Å². The van der Waals surface area contributed by atoms with Crippen LogP contribution in [0.2, 0.25) is 0 Å². The van der Waals surface area contributed by atoms with E-state index in [4.69, 9.17) is 0 Å². The minimum absolute atomic E-state index is 0.589. The van der Waals surface area contributed by atoms with E-state index in [0.29, 0.717) is 5.25 Å². The molecule has 0 saturated carbocycles. The fourth-order valence-corrected chi connectivity index (χ4v) is 3.21. The second-order valence-electron chi connectivity index (χ2n) is 2.46. The Morgan fingerprint density at radius 1 is 1.36 bits per heavy atom. The van der Waals surface area contributed by atoms with Crippen molar-refractivity contribution in [2.24, 2.45) is 0 Å². The molecule has 0 saturated heterocycles. The summed E-state index contributed by atoms with van der Waals surface area (Å²) >= 11 is 8.95. The van der Waals surface area contributed by atoms with Crippen LogP contribution in [0.25, 0.3) is 0 Å². The molecule has 0 aromatic carbocycles. The summed E-state index contributed by atoms with van der Waals surface area (Å²) in [5.74, 6) is 1.15. The van der Waals surface area contributed by atoms with Crippen molar-refractivity contribution >= 4 is 43.6 Å². The third-order valence-corrected chi connectivity index (χ3v) is 4.75. The molecule has 0 bridgehead atoms. The topological polar surface area (TPSA) is 0 Å². The first-order valence-corrected chi connectivity index (χ1v) is 5.97. The highest BCUT2D eigenvalue weighted by atomic mass is 79.9. The summed E-state index contributed by atoms with van der Waals surface area (Å²) in [6, 6.07) is 0. The van der Waals surface area contributed by atoms with Gasteiger partial charge in [0.2, 0.25) is 0 Å². The first-order chi connectivity index (χ1) is 5.27. The smallest absolute Gasteiger partial charge is 0.0492 e. The van der Waals surface area contributed by atoms with Crippen molar-refractivity contribution in [1.82, 2.24) is 0 Å². The van der Waals surface area contributed by atoms with E-state index in [-0.39, 0.29) is 0 Å². The van der Waals surface area contributed by atoms with Crippen LogP contribution < -0.4 is 0 Å². The van der Waals surface area contributed by atoms with Crippen LogP contribution >= 0.6 is 43.6 Å². The Morgan fingerprint density at radius 3 is 3.00 bits per heavy atom. The van der Waals surface area contributed by atoms with Gasteiger partial charge < -0.3 is 0 Å². The first kappa shape index (κ1) is 8.14. The third kappa shape index (κ3) is 1.51. The summed E-state index contributed by atoms with van der Waals surface area (Å²) in [4.78, 5) is 0. The van der Waals surface area contributed by atoms with E-state index < -0.39 is 0 Å². The van der Waals surface area contributed by atoms with Crippen molar-refractivity contribution in [2.75, 3.05) is 5.75 Å². The van der Waals surface area contributed by atoms with Gasteiger partial charge in [0.25, 0.3) is 0 Å². The van der Waals surface area contributed by atoms with E-state index in [2.05, 4.69) is 50.1 Å². The van der Waals surface area contributed by atoms with Crippen LogP contribution in [-0.4, -0.2) is 11.0 Å². The zero-order chi connectivity index (χ0) is 7.84. The monoisotopic (exact) mass is 292 g/mol. The van der Waals surface area contributed by atoms with Gasteiger partial charge in [-0.25, -0.2) is 0 Å². The summed E-state index contributed by atoms with van der Waals surface area (Å²) in [5, 5.41) is 0.589. The average molecular weight is 294 g/mol. The predicted molar refractivity (Wildman–Crippen MR) is 58.3 cm³/mol. The number of rotatable bonds is 0. The standard InChI is InChI=1S/C8H6Br2S/c9-6-3-5-1-2-11-8(5)4-7(6)10/h1,3-4,8H,2H2. The van der Waals surface area contributed by atoms with Gasteiger partial charge in [0.15, 0.2) is 0 Å². The van der Waals surface area contributed by atoms with Crippen molar-refractivity contribution in [2.45, 2.75) is 5.25 Å². The van der Waals surface area contributed by atoms with Gasteiger partial charge in [-0.05, 0) is 43.5 Å². The molecule has 0 spiro atoms. The van der Waals surface area contributed by atoms with Crippen molar-refractivity contribution in [3.63, 3.8) is 0 Å². The second kappa shape index (κ2) is 3.11. The number of thioether (sulfide) groups is 1. The Morgan fingerprint density at radius 2 is 2.18 bits per heavy atom. The molecule has 1 aliphatic carbocycles. The van der Waals surface area contributed by atoms with Gasteiger partial charge in [-0.15, -0.1) is 11.8 Å². The molecule has 0 fully saturated rings. The molecule has 1 aliphatic heterocycles. The van der Waals surface area contributed by atoms with E-state index in [9.17, 15) is 0 Å². The fraction of sp³-hybridized carbons (Fsp3) is 0.250. The minimum Gasteiger partial charge on any atom is -0.145 e. The van der Waals surface area contributed by atoms with Crippen LogP contribution in [0.4, 0.5) is 0 Å². The van der Waals surface area contributed by atoms with Crippen molar-refractivity contribution in [3.8, 4) is 0 Å². The number of halogens is 2. The predicted octanol–water partition coefficient (Wildman–Crippen LogP) is 3.60. The number of allylic oxidation sites excluding steroid dienone is 3. The van der Waals surface area contributed by atoms with Crippen LogP contribution in [0.1, 0.15) is 0 Å². The Bertz CT molecular complexity index is 276. The molecule has 11 heavy (non-hydrogen) atoms. The number of fused-ring (bicyclic) bond motifs is 1. The van der Waals surface area contributed by atoms with Gasteiger partial charge in [-0.1, -0.05) is 12.2 Å². The highest BCUT2D eigenvalue weighted by molar-refractivity contribution is 9.15. The average Bonchev–Trinajstić information content (AvgIpc) is 2.36. The van der Waals surface area contributed by atoms with Crippen LogP contribution in [0.5, 0.6) is 0 Å². The van der Waals surface area contributed by atoms with Gasteiger partial charge in [-0.3, -0.25) is 0 Å². The van der Waals surface area contributed by atoms with Crippen molar-refractivity contribution in [1.29, 1.82) is 0 Å². The SMILES string of the molecule is BrC1=CC2=CCSC2C=C1Br. The summed E-state index contributed by atoms with van der Waals surface area (Å²) < 4.78 is 2.33. The van der Waals surface area contributed by atoms with E-state index >= 15 is 0 Å². The highest BCUT2D eigenvalue weighted by Crippen LogP contribution is 2.39. The summed E-state index contributed by atoms with van der Waals surface area (Å²) in [5.41, 5.74) is 1.44. The first-order valence-electron chi connectivity index (χ1n) is 3.34. The lowest BCUT2D eigenvalue weighted by molar-refractivity contribution is 1.30. The van der Waals surface area contributed by atoms with Gasteiger partial charge in [-0.2, -0.15) is 0 Å². The van der Waals surface area contributed by atoms with Gasteiger partial charge in [0.1, 0.15) is 0 Å². The normalized spacial score (nSPS) is 28.9. The lowest BCUT2D eigenvalue weighted by atomic mass is 10.1. The highest BCUT2D eigenvalue weighted by Gasteiger charge is 2.20. The quantitative estimate of drug-likeness (QED) is 0.658. The maximum absolute atomic E-state index is 3.50. The van der Waals surface area contributed by atoms with Crippen molar-refractivity contribution < 1.29 is 0 Å². The second-order valence-corrected chi connectivity index (χ2v) is 5.35. The van der Waals surface area contributed by atoms with E-state index in [1.165, 1.54) is 10.1 Å². The lowest BCUT2D eigenvalue weighted by Crippen LogP contribution is -2.01. The minimum atomic E-state index is 0.589. The molecule has 0 aromatic rings. The van der Waals surface area contributed by atoms with Crippen LogP contribution in [0.15, 0.2) is 32.8 Å². The van der Waals surface area contributed by atoms with Crippen LogP contribution in [-0.2, 0) is 0 Å².